The largest absolute Gasteiger partial charge is 0.496 e. The van der Waals surface area contributed by atoms with E-state index in [2.05, 4.69) is 0 Å². The van der Waals surface area contributed by atoms with Crippen molar-refractivity contribution in [2.75, 3.05) is 14.2 Å². The van der Waals surface area contributed by atoms with Crippen LogP contribution >= 0.6 is 0 Å². The van der Waals surface area contributed by atoms with Crippen LogP contribution in [0.15, 0.2) is 12.1 Å². The highest BCUT2D eigenvalue weighted by Gasteiger charge is 2.45. The van der Waals surface area contributed by atoms with E-state index in [4.69, 9.17) is 18.9 Å². The highest BCUT2D eigenvalue weighted by atomic mass is 16.6. The molecule has 2 heterocycles. The molecule has 5 nitrogen and oxygen atoms in total. The molecule has 1 saturated heterocycles. The first-order chi connectivity index (χ1) is 9.15. The van der Waals surface area contributed by atoms with Gasteiger partial charge in [-0.05, 0) is 19.1 Å². The van der Waals surface area contributed by atoms with Crippen molar-refractivity contribution < 1.29 is 23.7 Å². The Morgan fingerprint density at radius 1 is 1.16 bits per heavy atom. The van der Waals surface area contributed by atoms with Crippen LogP contribution < -0.4 is 9.47 Å². The summed E-state index contributed by atoms with van der Waals surface area (Å²) in [6, 6.07) is 3.67. The third-order valence-electron chi connectivity index (χ3n) is 3.68. The average molecular weight is 264 g/mol. The van der Waals surface area contributed by atoms with Gasteiger partial charge in [0, 0.05) is 11.1 Å². The Kier molecular flexibility index (Phi) is 2.86. The molecular formula is C14H16O5. The fraction of sp³-hybridized carbons (Fsp3) is 0.500. The van der Waals surface area contributed by atoms with Gasteiger partial charge in [0.15, 0.2) is 6.10 Å². The first kappa shape index (κ1) is 12.3. The fourth-order valence-electron chi connectivity index (χ4n) is 2.90. The van der Waals surface area contributed by atoms with Crippen LogP contribution in [0.1, 0.15) is 36.7 Å². The second-order valence-corrected chi connectivity index (χ2v) is 4.73. The minimum atomic E-state index is -0.399. The topological polar surface area (TPSA) is 54.0 Å². The van der Waals surface area contributed by atoms with E-state index in [1.165, 1.54) is 0 Å². The molecule has 0 bridgehead atoms. The molecule has 0 aliphatic carbocycles. The van der Waals surface area contributed by atoms with Gasteiger partial charge in [0.25, 0.3) is 0 Å². The molecular weight excluding hydrogens is 248 g/mol. The Balaban J connectivity index is 2.19. The quantitative estimate of drug-likeness (QED) is 0.766. The number of rotatable bonds is 2. The standard InChI is InChI=1S/C14H16O5/c1-7-12-8(16-2)4-5-9(17-3)13(12)14-10(18-7)6-11(15)19-14/h4-5,7,10,14H,6H2,1-3H3/t7-,10-,14+/m0/s1. The van der Waals surface area contributed by atoms with Gasteiger partial charge in [0.2, 0.25) is 0 Å². The van der Waals surface area contributed by atoms with E-state index in [1.54, 1.807) is 14.2 Å². The molecule has 1 fully saturated rings. The zero-order valence-electron chi connectivity index (χ0n) is 11.1. The monoisotopic (exact) mass is 264 g/mol. The highest BCUT2D eigenvalue weighted by Crippen LogP contribution is 2.50. The maximum absolute atomic E-state index is 11.5. The van der Waals surface area contributed by atoms with Gasteiger partial charge in [0.1, 0.15) is 17.6 Å². The molecule has 0 spiro atoms. The van der Waals surface area contributed by atoms with Gasteiger partial charge in [-0.25, -0.2) is 0 Å². The highest BCUT2D eigenvalue weighted by molar-refractivity contribution is 5.74. The van der Waals surface area contributed by atoms with Crippen LogP contribution in [0.2, 0.25) is 0 Å². The molecule has 0 N–H and O–H groups in total. The molecule has 0 radical (unpaired) electrons. The summed E-state index contributed by atoms with van der Waals surface area (Å²) in [6.45, 7) is 1.94. The number of esters is 1. The fourth-order valence-corrected chi connectivity index (χ4v) is 2.90. The Morgan fingerprint density at radius 3 is 2.42 bits per heavy atom. The minimum absolute atomic E-state index is 0.157. The molecule has 0 unspecified atom stereocenters. The number of hydrogen-bond acceptors (Lipinski definition) is 5. The van der Waals surface area contributed by atoms with Crippen molar-refractivity contribution in [3.8, 4) is 11.5 Å². The molecule has 3 atom stereocenters. The summed E-state index contributed by atoms with van der Waals surface area (Å²) in [6.07, 6.45) is -0.509. The van der Waals surface area contributed by atoms with Gasteiger partial charge in [0.05, 0.1) is 26.7 Å². The molecule has 5 heteroatoms. The summed E-state index contributed by atoms with van der Waals surface area (Å²) < 4.78 is 22.0. The van der Waals surface area contributed by atoms with Crippen molar-refractivity contribution in [3.05, 3.63) is 23.3 Å². The van der Waals surface area contributed by atoms with E-state index in [0.717, 1.165) is 16.9 Å². The molecule has 3 rings (SSSR count). The summed E-state index contributed by atoms with van der Waals surface area (Å²) in [5.74, 6) is 1.19. The molecule has 0 aromatic heterocycles. The molecule has 0 saturated carbocycles. The first-order valence-corrected chi connectivity index (χ1v) is 6.25. The predicted molar refractivity (Wildman–Crippen MR) is 66.3 cm³/mol. The molecule has 19 heavy (non-hydrogen) atoms. The maximum atomic E-state index is 11.5. The molecule has 2 aliphatic rings. The summed E-state index contributed by atoms with van der Waals surface area (Å²) in [5.41, 5.74) is 1.77. The van der Waals surface area contributed by atoms with E-state index in [9.17, 15) is 4.79 Å². The predicted octanol–water partition coefficient (Wildman–Crippen LogP) is 2.15. The van der Waals surface area contributed by atoms with Gasteiger partial charge in [-0.1, -0.05) is 0 Å². The zero-order valence-corrected chi connectivity index (χ0v) is 11.1. The van der Waals surface area contributed by atoms with Gasteiger partial charge in [-0.15, -0.1) is 0 Å². The lowest BCUT2D eigenvalue weighted by molar-refractivity contribution is -0.143. The molecule has 1 aromatic carbocycles. The van der Waals surface area contributed by atoms with E-state index in [0.29, 0.717) is 5.75 Å². The zero-order chi connectivity index (χ0) is 13.6. The Hall–Kier alpha value is -1.75. The van der Waals surface area contributed by atoms with Crippen LogP contribution in [-0.4, -0.2) is 26.3 Å². The van der Waals surface area contributed by atoms with Gasteiger partial charge < -0.3 is 18.9 Å². The average Bonchev–Trinajstić information content (AvgIpc) is 2.77. The summed E-state index contributed by atoms with van der Waals surface area (Å²) in [4.78, 5) is 11.5. The normalized spacial score (nSPS) is 28.4. The number of methoxy groups -OCH3 is 2. The van der Waals surface area contributed by atoms with E-state index >= 15 is 0 Å². The number of carbonyl (C=O) groups excluding carboxylic acids is 1. The lowest BCUT2D eigenvalue weighted by Gasteiger charge is -2.33. The minimum Gasteiger partial charge on any atom is -0.496 e. The van der Waals surface area contributed by atoms with E-state index in [-0.39, 0.29) is 24.6 Å². The van der Waals surface area contributed by atoms with Crippen LogP contribution in [0.25, 0.3) is 0 Å². The van der Waals surface area contributed by atoms with Crippen LogP contribution in [0.5, 0.6) is 11.5 Å². The summed E-state index contributed by atoms with van der Waals surface area (Å²) in [7, 11) is 3.22. The Morgan fingerprint density at radius 2 is 1.79 bits per heavy atom. The van der Waals surface area contributed by atoms with Crippen molar-refractivity contribution in [1.29, 1.82) is 0 Å². The Bertz CT molecular complexity index is 525. The third-order valence-corrected chi connectivity index (χ3v) is 3.68. The smallest absolute Gasteiger partial charge is 0.309 e. The van der Waals surface area contributed by atoms with Crippen LogP contribution in [-0.2, 0) is 14.3 Å². The SMILES string of the molecule is COc1ccc(OC)c2c1[C@H](C)O[C@H]1CC(=O)O[C@@H]21. The number of ether oxygens (including phenoxy) is 4. The van der Waals surface area contributed by atoms with Crippen molar-refractivity contribution in [1.82, 2.24) is 0 Å². The lowest BCUT2D eigenvalue weighted by Crippen LogP contribution is -2.27. The van der Waals surface area contributed by atoms with Crippen LogP contribution in [0, 0.1) is 0 Å². The first-order valence-electron chi connectivity index (χ1n) is 6.25. The van der Waals surface area contributed by atoms with Crippen LogP contribution in [0.4, 0.5) is 0 Å². The van der Waals surface area contributed by atoms with Gasteiger partial charge in [-0.2, -0.15) is 0 Å². The molecule has 1 aromatic rings. The summed E-state index contributed by atoms with van der Waals surface area (Å²) >= 11 is 0. The number of benzene rings is 1. The second-order valence-electron chi connectivity index (χ2n) is 4.73. The van der Waals surface area contributed by atoms with E-state index < -0.39 is 6.10 Å². The molecule has 2 aliphatic heterocycles. The third kappa shape index (κ3) is 1.76. The van der Waals surface area contributed by atoms with Crippen LogP contribution in [0.3, 0.4) is 0 Å². The molecule has 0 amide bonds. The number of hydrogen-bond donors (Lipinski definition) is 0. The summed E-state index contributed by atoms with van der Waals surface area (Å²) in [5, 5.41) is 0. The lowest BCUT2D eigenvalue weighted by atomic mass is 9.90. The van der Waals surface area contributed by atoms with Crippen molar-refractivity contribution >= 4 is 5.97 Å². The van der Waals surface area contributed by atoms with Gasteiger partial charge in [-0.3, -0.25) is 4.79 Å². The number of carbonyl (C=O) groups is 1. The second kappa shape index (κ2) is 4.42. The number of fused-ring (bicyclic) bond motifs is 3. The van der Waals surface area contributed by atoms with Crippen molar-refractivity contribution in [2.24, 2.45) is 0 Å². The molecule has 102 valence electrons. The van der Waals surface area contributed by atoms with Gasteiger partial charge >= 0.3 is 5.97 Å². The Labute approximate surface area is 111 Å². The maximum Gasteiger partial charge on any atom is 0.309 e. The van der Waals surface area contributed by atoms with Crippen molar-refractivity contribution in [2.45, 2.75) is 31.7 Å². The van der Waals surface area contributed by atoms with Crippen molar-refractivity contribution in [3.63, 3.8) is 0 Å². The van der Waals surface area contributed by atoms with E-state index in [1.807, 2.05) is 19.1 Å².